The summed E-state index contributed by atoms with van der Waals surface area (Å²) < 4.78 is 10.5. The summed E-state index contributed by atoms with van der Waals surface area (Å²) in [5, 5.41) is 0. The Morgan fingerprint density at radius 3 is 2.70 bits per heavy atom. The van der Waals surface area contributed by atoms with Crippen molar-refractivity contribution in [2.45, 2.75) is 6.61 Å². The molecular weight excluding hydrogens is 254 g/mol. The van der Waals surface area contributed by atoms with Crippen LogP contribution in [0.5, 0.6) is 5.75 Å². The van der Waals surface area contributed by atoms with Crippen LogP contribution in [0.15, 0.2) is 61.4 Å². The molecule has 102 valence electrons. The molecule has 2 aromatic rings. The molecule has 2 rings (SSSR count). The summed E-state index contributed by atoms with van der Waals surface area (Å²) in [5.41, 5.74) is 1.47. The van der Waals surface area contributed by atoms with Crippen LogP contribution in [0.25, 0.3) is 0 Å². The maximum absolute atomic E-state index is 11.6. The van der Waals surface area contributed by atoms with E-state index in [0.717, 1.165) is 5.56 Å². The second-order valence-electron chi connectivity index (χ2n) is 4.06. The summed E-state index contributed by atoms with van der Waals surface area (Å²) in [5.74, 6) is 0.317. The van der Waals surface area contributed by atoms with Crippen molar-refractivity contribution in [1.82, 2.24) is 4.98 Å². The number of ether oxygens (including phenoxy) is 2. The summed E-state index contributed by atoms with van der Waals surface area (Å²) in [6.07, 6.45) is 5.00. The van der Waals surface area contributed by atoms with Crippen molar-refractivity contribution in [3.05, 3.63) is 72.6 Å². The molecule has 1 aromatic carbocycles. The molecule has 1 heterocycles. The van der Waals surface area contributed by atoms with Crippen LogP contribution in [-0.2, 0) is 11.3 Å². The van der Waals surface area contributed by atoms with Gasteiger partial charge in [-0.1, -0.05) is 18.7 Å². The topological polar surface area (TPSA) is 48.4 Å². The quantitative estimate of drug-likeness (QED) is 0.597. The highest BCUT2D eigenvalue weighted by molar-refractivity contribution is 5.89. The largest absolute Gasteiger partial charge is 0.489 e. The Morgan fingerprint density at radius 2 is 2.05 bits per heavy atom. The molecule has 0 spiro atoms. The van der Waals surface area contributed by atoms with Gasteiger partial charge in [0.1, 0.15) is 19.0 Å². The van der Waals surface area contributed by atoms with Gasteiger partial charge in [0.2, 0.25) is 0 Å². The Labute approximate surface area is 117 Å². The monoisotopic (exact) mass is 269 g/mol. The zero-order valence-electron chi connectivity index (χ0n) is 11.0. The first-order chi connectivity index (χ1) is 9.79. The van der Waals surface area contributed by atoms with Crippen LogP contribution in [0.4, 0.5) is 0 Å². The average Bonchev–Trinajstić information content (AvgIpc) is 2.52. The third kappa shape index (κ3) is 3.95. The maximum atomic E-state index is 11.6. The van der Waals surface area contributed by atoms with Gasteiger partial charge in [-0.15, -0.1) is 0 Å². The third-order valence-electron chi connectivity index (χ3n) is 2.55. The number of benzene rings is 1. The molecule has 0 unspecified atom stereocenters. The van der Waals surface area contributed by atoms with Gasteiger partial charge in [-0.2, -0.15) is 0 Å². The zero-order chi connectivity index (χ0) is 14.2. The SMILES string of the molecule is C=CCOC(=O)c1ccc(OCc2cccnc2)cc1. The van der Waals surface area contributed by atoms with Gasteiger partial charge in [-0.25, -0.2) is 4.79 Å². The van der Waals surface area contributed by atoms with Gasteiger partial charge in [0.15, 0.2) is 0 Å². The van der Waals surface area contributed by atoms with Crippen molar-refractivity contribution in [2.75, 3.05) is 6.61 Å². The molecule has 0 aliphatic rings. The van der Waals surface area contributed by atoms with Crippen molar-refractivity contribution < 1.29 is 14.3 Å². The van der Waals surface area contributed by atoms with Crippen LogP contribution in [0.3, 0.4) is 0 Å². The molecule has 0 bridgehead atoms. The third-order valence-corrected chi connectivity index (χ3v) is 2.55. The zero-order valence-corrected chi connectivity index (χ0v) is 11.0. The van der Waals surface area contributed by atoms with Gasteiger partial charge in [0.25, 0.3) is 0 Å². The molecule has 0 atom stereocenters. The van der Waals surface area contributed by atoms with Crippen LogP contribution < -0.4 is 4.74 Å². The lowest BCUT2D eigenvalue weighted by Crippen LogP contribution is -2.04. The molecule has 20 heavy (non-hydrogen) atoms. The second-order valence-corrected chi connectivity index (χ2v) is 4.06. The number of hydrogen-bond donors (Lipinski definition) is 0. The first-order valence-electron chi connectivity index (χ1n) is 6.19. The fourth-order valence-corrected chi connectivity index (χ4v) is 1.56. The Kier molecular flexibility index (Phi) is 4.89. The Balaban J connectivity index is 1.91. The lowest BCUT2D eigenvalue weighted by Gasteiger charge is -2.07. The lowest BCUT2D eigenvalue weighted by atomic mass is 10.2. The Bertz CT molecular complexity index is 564. The van der Waals surface area contributed by atoms with E-state index in [-0.39, 0.29) is 12.6 Å². The molecular formula is C16H15NO3. The van der Waals surface area contributed by atoms with Crippen LogP contribution in [-0.4, -0.2) is 17.6 Å². The highest BCUT2D eigenvalue weighted by atomic mass is 16.5. The van der Waals surface area contributed by atoms with Crippen molar-refractivity contribution in [3.8, 4) is 5.75 Å². The van der Waals surface area contributed by atoms with E-state index >= 15 is 0 Å². The lowest BCUT2D eigenvalue weighted by molar-refractivity contribution is 0.0549. The number of esters is 1. The number of nitrogens with zero attached hydrogens (tertiary/aromatic N) is 1. The fraction of sp³-hybridized carbons (Fsp3) is 0.125. The smallest absolute Gasteiger partial charge is 0.338 e. The molecule has 0 aliphatic carbocycles. The van der Waals surface area contributed by atoms with Crippen molar-refractivity contribution in [3.63, 3.8) is 0 Å². The van der Waals surface area contributed by atoms with E-state index in [9.17, 15) is 4.79 Å². The van der Waals surface area contributed by atoms with Gasteiger partial charge < -0.3 is 9.47 Å². The van der Waals surface area contributed by atoms with E-state index in [0.29, 0.717) is 17.9 Å². The van der Waals surface area contributed by atoms with E-state index in [1.54, 1.807) is 36.7 Å². The van der Waals surface area contributed by atoms with Crippen molar-refractivity contribution in [1.29, 1.82) is 0 Å². The summed E-state index contributed by atoms with van der Waals surface area (Å²) in [6, 6.07) is 10.6. The van der Waals surface area contributed by atoms with E-state index in [2.05, 4.69) is 11.6 Å². The Morgan fingerprint density at radius 1 is 1.25 bits per heavy atom. The number of pyridine rings is 1. The summed E-state index contributed by atoms with van der Waals surface area (Å²) in [6.45, 7) is 4.14. The van der Waals surface area contributed by atoms with Gasteiger partial charge in [-0.05, 0) is 30.3 Å². The predicted molar refractivity (Wildman–Crippen MR) is 75.5 cm³/mol. The fourth-order valence-electron chi connectivity index (χ4n) is 1.56. The molecule has 0 saturated heterocycles. The number of rotatable bonds is 6. The first kappa shape index (κ1) is 13.8. The summed E-state index contributed by atoms with van der Waals surface area (Å²) in [7, 11) is 0. The van der Waals surface area contributed by atoms with Crippen LogP contribution in [0.1, 0.15) is 15.9 Å². The molecule has 0 amide bonds. The highest BCUT2D eigenvalue weighted by Crippen LogP contribution is 2.14. The van der Waals surface area contributed by atoms with Crippen LogP contribution >= 0.6 is 0 Å². The summed E-state index contributed by atoms with van der Waals surface area (Å²) >= 11 is 0. The number of hydrogen-bond acceptors (Lipinski definition) is 4. The first-order valence-corrected chi connectivity index (χ1v) is 6.19. The standard InChI is InChI=1S/C16H15NO3/c1-2-10-19-16(18)14-5-7-15(8-6-14)20-12-13-4-3-9-17-11-13/h2-9,11H,1,10,12H2. The predicted octanol–water partition coefficient (Wildman–Crippen LogP) is 3.00. The van der Waals surface area contributed by atoms with Crippen molar-refractivity contribution >= 4 is 5.97 Å². The summed E-state index contributed by atoms with van der Waals surface area (Å²) in [4.78, 5) is 15.6. The molecule has 0 saturated carbocycles. The second kappa shape index (κ2) is 7.09. The van der Waals surface area contributed by atoms with Gasteiger partial charge >= 0.3 is 5.97 Å². The number of carbonyl (C=O) groups is 1. The van der Waals surface area contributed by atoms with Crippen LogP contribution in [0, 0.1) is 0 Å². The van der Waals surface area contributed by atoms with E-state index in [1.165, 1.54) is 6.08 Å². The maximum Gasteiger partial charge on any atom is 0.338 e. The van der Waals surface area contributed by atoms with E-state index in [1.807, 2.05) is 12.1 Å². The Hall–Kier alpha value is -2.62. The molecule has 0 fully saturated rings. The van der Waals surface area contributed by atoms with E-state index in [4.69, 9.17) is 9.47 Å². The molecule has 4 heteroatoms. The van der Waals surface area contributed by atoms with Gasteiger partial charge in [0, 0.05) is 18.0 Å². The van der Waals surface area contributed by atoms with Gasteiger partial charge in [-0.3, -0.25) is 4.98 Å². The van der Waals surface area contributed by atoms with Crippen molar-refractivity contribution in [2.24, 2.45) is 0 Å². The normalized spacial score (nSPS) is 9.80. The molecule has 1 aromatic heterocycles. The molecule has 0 radical (unpaired) electrons. The number of aromatic nitrogens is 1. The molecule has 0 N–H and O–H groups in total. The van der Waals surface area contributed by atoms with Gasteiger partial charge in [0.05, 0.1) is 5.56 Å². The van der Waals surface area contributed by atoms with E-state index < -0.39 is 0 Å². The number of carbonyl (C=O) groups excluding carboxylic acids is 1. The van der Waals surface area contributed by atoms with Crippen LogP contribution in [0.2, 0.25) is 0 Å². The molecule has 0 aliphatic heterocycles. The minimum atomic E-state index is -0.372. The molecule has 4 nitrogen and oxygen atoms in total. The minimum absolute atomic E-state index is 0.206. The average molecular weight is 269 g/mol. The minimum Gasteiger partial charge on any atom is -0.489 e. The highest BCUT2D eigenvalue weighted by Gasteiger charge is 2.06.